The Labute approximate surface area is 144 Å². The van der Waals surface area contributed by atoms with Gasteiger partial charge in [0.15, 0.2) is 5.69 Å². The Bertz CT molecular complexity index is 850. The maximum atomic E-state index is 4.65. The molecule has 0 N–H and O–H groups in total. The van der Waals surface area contributed by atoms with Crippen molar-refractivity contribution in [1.82, 2.24) is 4.98 Å². The van der Waals surface area contributed by atoms with Crippen LogP contribution in [0.1, 0.15) is 25.0 Å². The number of hydrogen-bond acceptors (Lipinski definition) is 1. The lowest BCUT2D eigenvalue weighted by atomic mass is 9.99. The van der Waals surface area contributed by atoms with Crippen molar-refractivity contribution in [2.75, 3.05) is 0 Å². The van der Waals surface area contributed by atoms with E-state index in [2.05, 4.69) is 84.9 Å². The van der Waals surface area contributed by atoms with Gasteiger partial charge in [0, 0.05) is 17.2 Å². The molecular weight excluding hydrogens is 292 g/mol. The average molecular weight is 317 g/mol. The van der Waals surface area contributed by atoms with Crippen LogP contribution in [-0.4, -0.2) is 4.98 Å². The summed E-state index contributed by atoms with van der Waals surface area (Å²) in [5.74, 6) is 0.657. The number of aromatic nitrogens is 2. The molecule has 0 amide bonds. The lowest BCUT2D eigenvalue weighted by molar-refractivity contribution is -0.663. The second-order valence-electron chi connectivity index (χ2n) is 6.88. The maximum Gasteiger partial charge on any atom is 0.287 e. The summed E-state index contributed by atoms with van der Waals surface area (Å²) in [6.07, 6.45) is 3.01. The van der Waals surface area contributed by atoms with E-state index in [-0.39, 0.29) is 0 Å². The molecule has 0 aliphatic rings. The van der Waals surface area contributed by atoms with E-state index in [1.807, 2.05) is 13.4 Å². The fraction of sp³-hybridized carbons (Fsp3) is 0.273. The Morgan fingerprint density at radius 2 is 1.79 bits per heavy atom. The van der Waals surface area contributed by atoms with Gasteiger partial charge in [0.05, 0.1) is 7.05 Å². The molecule has 0 unspecified atom stereocenters. The molecule has 0 atom stereocenters. The van der Waals surface area contributed by atoms with Crippen LogP contribution in [-0.2, 0) is 13.5 Å². The average Bonchev–Trinajstić information content (AvgIpc) is 2.56. The first-order chi connectivity index (χ1) is 11.5. The quantitative estimate of drug-likeness (QED) is 0.635. The monoisotopic (exact) mass is 317 g/mol. The standard InChI is InChI=1S/C22H25N2/c1-16(2)12-18-9-7-10-19(13-18)21-14-22(24(4)15-23-21)20-11-6-5-8-17(20)3/h5-11,13-16H,12H2,1-4H3/q+1. The Kier molecular flexibility index (Phi) is 4.75. The summed E-state index contributed by atoms with van der Waals surface area (Å²) in [6.45, 7) is 6.66. The van der Waals surface area contributed by atoms with Crippen LogP contribution in [0.2, 0.25) is 0 Å². The number of nitrogens with zero attached hydrogens (tertiary/aromatic N) is 2. The van der Waals surface area contributed by atoms with Gasteiger partial charge in [-0.05, 0) is 41.4 Å². The highest BCUT2D eigenvalue weighted by molar-refractivity contribution is 5.68. The Hall–Kier alpha value is -2.48. The summed E-state index contributed by atoms with van der Waals surface area (Å²) >= 11 is 0. The van der Waals surface area contributed by atoms with Gasteiger partial charge in [-0.1, -0.05) is 56.3 Å². The Balaban J connectivity index is 2.05. The van der Waals surface area contributed by atoms with Crippen molar-refractivity contribution >= 4 is 0 Å². The lowest BCUT2D eigenvalue weighted by Gasteiger charge is -2.08. The van der Waals surface area contributed by atoms with Gasteiger partial charge in [0.2, 0.25) is 0 Å². The molecule has 0 radical (unpaired) electrons. The highest BCUT2D eigenvalue weighted by Gasteiger charge is 2.14. The molecule has 2 heteroatoms. The molecule has 1 heterocycles. The van der Waals surface area contributed by atoms with Crippen LogP contribution < -0.4 is 4.57 Å². The fourth-order valence-corrected chi connectivity index (χ4v) is 3.09. The van der Waals surface area contributed by atoms with Gasteiger partial charge in [-0.3, -0.25) is 0 Å². The third-order valence-electron chi connectivity index (χ3n) is 4.31. The summed E-state index contributed by atoms with van der Waals surface area (Å²) in [7, 11) is 2.05. The smallest absolute Gasteiger partial charge is 0.232 e. The van der Waals surface area contributed by atoms with Gasteiger partial charge in [0.1, 0.15) is 5.69 Å². The van der Waals surface area contributed by atoms with E-state index in [1.165, 1.54) is 27.9 Å². The van der Waals surface area contributed by atoms with Crippen LogP contribution in [0.3, 0.4) is 0 Å². The number of rotatable bonds is 4. The molecule has 0 spiro atoms. The molecule has 3 rings (SSSR count). The topological polar surface area (TPSA) is 16.8 Å². The zero-order valence-corrected chi connectivity index (χ0v) is 15.0. The summed E-state index contributed by atoms with van der Waals surface area (Å²) in [4.78, 5) is 4.65. The Morgan fingerprint density at radius 3 is 2.54 bits per heavy atom. The second-order valence-corrected chi connectivity index (χ2v) is 6.88. The van der Waals surface area contributed by atoms with E-state index >= 15 is 0 Å². The van der Waals surface area contributed by atoms with E-state index in [4.69, 9.17) is 0 Å². The van der Waals surface area contributed by atoms with Crippen LogP contribution >= 0.6 is 0 Å². The predicted molar refractivity (Wildman–Crippen MR) is 99.6 cm³/mol. The normalized spacial score (nSPS) is 11.0. The number of benzene rings is 2. The SMILES string of the molecule is Cc1ccccc1-c1cc(-c2cccc(CC(C)C)c2)nc[n+]1C. The molecule has 122 valence electrons. The van der Waals surface area contributed by atoms with Crippen molar-refractivity contribution in [3.63, 3.8) is 0 Å². The van der Waals surface area contributed by atoms with Gasteiger partial charge in [-0.25, -0.2) is 4.57 Å². The van der Waals surface area contributed by atoms with Crippen molar-refractivity contribution < 1.29 is 4.57 Å². The third kappa shape index (κ3) is 3.53. The highest BCUT2D eigenvalue weighted by atomic mass is 15.0. The molecule has 2 nitrogen and oxygen atoms in total. The zero-order valence-electron chi connectivity index (χ0n) is 15.0. The molecule has 0 fully saturated rings. The predicted octanol–water partition coefficient (Wildman–Crippen LogP) is 4.75. The first kappa shape index (κ1) is 16.4. The Morgan fingerprint density at radius 1 is 1.00 bits per heavy atom. The number of aryl methyl sites for hydroxylation is 2. The summed E-state index contributed by atoms with van der Waals surface area (Å²) < 4.78 is 2.09. The molecule has 0 bridgehead atoms. The minimum Gasteiger partial charge on any atom is -0.232 e. The van der Waals surface area contributed by atoms with E-state index in [0.29, 0.717) is 5.92 Å². The van der Waals surface area contributed by atoms with E-state index in [1.54, 1.807) is 0 Å². The maximum absolute atomic E-state index is 4.65. The molecule has 0 saturated heterocycles. The van der Waals surface area contributed by atoms with Gasteiger partial charge in [0.25, 0.3) is 6.33 Å². The molecule has 0 aliphatic heterocycles. The van der Waals surface area contributed by atoms with Gasteiger partial charge < -0.3 is 0 Å². The summed E-state index contributed by atoms with van der Waals surface area (Å²) in [5, 5.41) is 0. The van der Waals surface area contributed by atoms with Gasteiger partial charge in [-0.15, -0.1) is 0 Å². The van der Waals surface area contributed by atoms with Crippen LogP contribution in [0, 0.1) is 12.8 Å². The lowest BCUT2D eigenvalue weighted by Crippen LogP contribution is -2.31. The minimum absolute atomic E-state index is 0.657. The van der Waals surface area contributed by atoms with Crippen molar-refractivity contribution in [3.8, 4) is 22.5 Å². The fourth-order valence-electron chi connectivity index (χ4n) is 3.09. The van der Waals surface area contributed by atoms with Crippen molar-refractivity contribution in [1.29, 1.82) is 0 Å². The van der Waals surface area contributed by atoms with E-state index < -0.39 is 0 Å². The van der Waals surface area contributed by atoms with Gasteiger partial charge >= 0.3 is 0 Å². The van der Waals surface area contributed by atoms with Crippen molar-refractivity contribution in [2.24, 2.45) is 13.0 Å². The molecular formula is C22H25N2+. The summed E-state index contributed by atoms with van der Waals surface area (Å²) in [5.41, 5.74) is 7.30. The highest BCUT2D eigenvalue weighted by Crippen LogP contribution is 2.25. The first-order valence-electron chi connectivity index (χ1n) is 8.55. The first-order valence-corrected chi connectivity index (χ1v) is 8.55. The molecule has 1 aromatic heterocycles. The minimum atomic E-state index is 0.657. The molecule has 3 aromatic rings. The molecule has 2 aromatic carbocycles. The molecule has 0 saturated carbocycles. The molecule has 24 heavy (non-hydrogen) atoms. The van der Waals surface area contributed by atoms with Crippen LogP contribution in [0.25, 0.3) is 22.5 Å². The third-order valence-corrected chi connectivity index (χ3v) is 4.31. The summed E-state index contributed by atoms with van der Waals surface area (Å²) in [6, 6.07) is 19.4. The zero-order chi connectivity index (χ0) is 17.1. The van der Waals surface area contributed by atoms with Crippen LogP contribution in [0.15, 0.2) is 60.9 Å². The molecule has 0 aliphatic carbocycles. The second kappa shape index (κ2) is 6.96. The van der Waals surface area contributed by atoms with Crippen molar-refractivity contribution in [2.45, 2.75) is 27.2 Å². The van der Waals surface area contributed by atoms with Gasteiger partial charge in [-0.2, -0.15) is 0 Å². The van der Waals surface area contributed by atoms with E-state index in [9.17, 15) is 0 Å². The number of hydrogen-bond donors (Lipinski definition) is 0. The van der Waals surface area contributed by atoms with Crippen molar-refractivity contribution in [3.05, 3.63) is 72.1 Å². The van der Waals surface area contributed by atoms with E-state index in [0.717, 1.165) is 12.1 Å². The van der Waals surface area contributed by atoms with Crippen LogP contribution in [0.4, 0.5) is 0 Å². The largest absolute Gasteiger partial charge is 0.287 e. The van der Waals surface area contributed by atoms with Crippen LogP contribution in [0.5, 0.6) is 0 Å².